The summed E-state index contributed by atoms with van der Waals surface area (Å²) in [7, 11) is 0. The van der Waals surface area contributed by atoms with E-state index in [9.17, 15) is 0 Å². The molecule has 0 unspecified atom stereocenters. The third-order valence-corrected chi connectivity index (χ3v) is 14.0. The van der Waals surface area contributed by atoms with Gasteiger partial charge in [-0.3, -0.25) is 0 Å². The monoisotopic (exact) mass is 1100 g/mol. The Morgan fingerprint density at radius 3 is 1.81 bits per heavy atom. The van der Waals surface area contributed by atoms with Gasteiger partial charge in [-0.1, -0.05) is 201 Å². The third-order valence-electron chi connectivity index (χ3n) is 14.0. The van der Waals surface area contributed by atoms with Gasteiger partial charge in [-0.15, -0.1) is 53.8 Å². The molecular weight excluding hydrogens is 1040 g/mol. The van der Waals surface area contributed by atoms with Crippen LogP contribution < -0.4 is 14.5 Å². The van der Waals surface area contributed by atoms with E-state index < -0.39 is 5.41 Å². The Bertz CT molecular complexity index is 3360. The van der Waals surface area contributed by atoms with E-state index in [-0.39, 0.29) is 37.3 Å². The Balaban J connectivity index is 0.00000608. The van der Waals surface area contributed by atoms with E-state index >= 15 is 0 Å². The minimum atomic E-state index is -0.418. The van der Waals surface area contributed by atoms with Crippen LogP contribution in [0.1, 0.15) is 97.1 Å². The summed E-state index contributed by atoms with van der Waals surface area (Å²) in [5.41, 5.74) is 12.4. The van der Waals surface area contributed by atoms with Gasteiger partial charge in [0.2, 0.25) is 0 Å². The number of nitrogens with zero attached hydrogens (tertiary/aromatic N) is 4. The van der Waals surface area contributed by atoms with Gasteiger partial charge in [0.05, 0.1) is 0 Å². The molecule has 2 aromatic heterocycles. The first kappa shape index (κ1) is 48.3. The van der Waals surface area contributed by atoms with E-state index in [1.165, 1.54) is 28.0 Å². The van der Waals surface area contributed by atoms with Gasteiger partial charge in [0.15, 0.2) is 0 Å². The average molecular weight is 1100 g/mol. The summed E-state index contributed by atoms with van der Waals surface area (Å²) in [4.78, 5) is 9.54. The van der Waals surface area contributed by atoms with Crippen LogP contribution in [-0.4, -0.2) is 9.55 Å². The van der Waals surface area contributed by atoms with Gasteiger partial charge in [-0.05, 0) is 80.6 Å². The van der Waals surface area contributed by atoms with Gasteiger partial charge >= 0.3 is 0 Å². The summed E-state index contributed by atoms with van der Waals surface area (Å²) in [6, 6.07) is 68.0. The van der Waals surface area contributed by atoms with Gasteiger partial charge in [0, 0.05) is 66.5 Å². The molecule has 70 heavy (non-hydrogen) atoms. The number of anilines is 2. The molecule has 0 saturated carbocycles. The zero-order chi connectivity index (χ0) is 48.3. The van der Waals surface area contributed by atoms with Crippen LogP contribution in [-0.2, 0) is 37.3 Å². The number of para-hydroxylation sites is 1. The van der Waals surface area contributed by atoms with Gasteiger partial charge in [-0.2, -0.15) is 0 Å². The molecule has 0 aliphatic carbocycles. The predicted molar refractivity (Wildman–Crippen MR) is 287 cm³/mol. The molecule has 0 fully saturated rings. The van der Waals surface area contributed by atoms with Crippen molar-refractivity contribution in [2.45, 2.75) is 85.5 Å². The largest absolute Gasteiger partial charge is 0.509 e. The van der Waals surface area contributed by atoms with Crippen LogP contribution in [0, 0.1) is 24.2 Å². The van der Waals surface area contributed by atoms with Crippen molar-refractivity contribution in [1.82, 2.24) is 9.55 Å². The number of benzene rings is 7. The second-order valence-corrected chi connectivity index (χ2v) is 21.6. The molecule has 10 rings (SSSR count). The quantitative estimate of drug-likeness (QED) is 0.128. The topological polar surface area (TPSA) is 33.5 Å². The maximum Gasteiger partial charge on any atom is 0.135 e. The Morgan fingerprint density at radius 1 is 0.529 bits per heavy atom. The summed E-state index contributed by atoms with van der Waals surface area (Å²) in [6.07, 6.45) is 4.17. The number of fused-ring (bicyclic) bond motifs is 3. The van der Waals surface area contributed by atoms with Gasteiger partial charge in [0.25, 0.3) is 0 Å². The Morgan fingerprint density at radius 2 is 1.14 bits per heavy atom. The summed E-state index contributed by atoms with van der Waals surface area (Å²) >= 11 is 0. The molecule has 6 heteroatoms. The van der Waals surface area contributed by atoms with Gasteiger partial charge in [-0.25, -0.2) is 4.98 Å². The van der Waals surface area contributed by atoms with Crippen molar-refractivity contribution in [2.75, 3.05) is 9.80 Å². The molecule has 3 heterocycles. The minimum absolute atomic E-state index is 0. The molecule has 9 aromatic rings. The average Bonchev–Trinajstić information content (AvgIpc) is 3.96. The number of rotatable bonds is 10. The SMILES string of the molecule is CC(C)(C)C1=CN(c2[c-]c(Oc3[c-]c4c(c(C(C)(C)c5ccccc5)c3)c3ccccc3n4-c3cc(C(C)(C)C)ccn3)cc(-c3ccccc3)c2)[CH-]N1c1cccc(C(C)(C)c2ccccc2)c1.[Pt]. The first-order valence-corrected chi connectivity index (χ1v) is 24.1. The van der Waals surface area contributed by atoms with E-state index in [1.54, 1.807) is 0 Å². The second kappa shape index (κ2) is 18.6. The molecule has 0 N–H and O–H groups in total. The number of ether oxygens (including phenoxy) is 1. The van der Waals surface area contributed by atoms with E-state index in [0.717, 1.165) is 55.7 Å². The second-order valence-electron chi connectivity index (χ2n) is 21.6. The molecule has 0 radical (unpaired) electrons. The molecular formula is C64H61N4OPt-3. The molecule has 7 aromatic carbocycles. The van der Waals surface area contributed by atoms with E-state index in [2.05, 4.69) is 278 Å². The zero-order valence-corrected chi connectivity index (χ0v) is 44.2. The molecule has 356 valence electrons. The first-order valence-electron chi connectivity index (χ1n) is 24.1. The summed E-state index contributed by atoms with van der Waals surface area (Å²) < 4.78 is 9.43. The van der Waals surface area contributed by atoms with Crippen molar-refractivity contribution in [3.05, 3.63) is 235 Å². The molecule has 0 saturated heterocycles. The van der Waals surface area contributed by atoms with E-state index in [4.69, 9.17) is 9.72 Å². The van der Waals surface area contributed by atoms with Crippen molar-refractivity contribution >= 4 is 33.2 Å². The van der Waals surface area contributed by atoms with Crippen LogP contribution in [0.4, 0.5) is 11.4 Å². The molecule has 0 amide bonds. The normalized spacial score (nSPS) is 13.4. The Kier molecular flexibility index (Phi) is 12.8. The van der Waals surface area contributed by atoms with Gasteiger partial charge in [0.1, 0.15) is 5.82 Å². The summed E-state index contributed by atoms with van der Waals surface area (Å²) in [5.74, 6) is 2.03. The number of allylic oxidation sites excluding steroid dienone is 1. The third kappa shape index (κ3) is 9.13. The van der Waals surface area contributed by atoms with Gasteiger partial charge < -0.3 is 19.1 Å². The smallest absolute Gasteiger partial charge is 0.135 e. The number of pyridine rings is 1. The van der Waals surface area contributed by atoms with Crippen molar-refractivity contribution in [2.24, 2.45) is 5.41 Å². The first-order chi connectivity index (χ1) is 33.0. The fraction of sp³-hybridized carbons (Fsp3) is 0.219. The molecule has 0 atom stereocenters. The predicted octanol–water partition coefficient (Wildman–Crippen LogP) is 16.5. The van der Waals surface area contributed by atoms with Crippen molar-refractivity contribution < 1.29 is 25.8 Å². The number of hydrogen-bond acceptors (Lipinski definition) is 4. The number of aromatic nitrogens is 2. The fourth-order valence-electron chi connectivity index (χ4n) is 9.80. The Hall–Kier alpha value is -6.68. The van der Waals surface area contributed by atoms with E-state index in [1.807, 2.05) is 6.20 Å². The standard InChI is InChI=1S/C64H61N4O.Pt/c1-61(2,3)48-33-34-65-59(38-48)68-56-32-21-20-31-54(56)60-55(64(9,10)47-27-18-13-19-28-47)40-53(41-57(60)68)69-52-36-45(44-23-14-11-15-24-44)35-51(39-52)66-42-58(62(4,5)6)67(43-66)50-30-22-29-49(37-50)63(7,8)46-25-16-12-17-26-46;/h11-38,40,42-43H,1-10H3;/q-3;. The molecule has 5 nitrogen and oxygen atoms in total. The molecule has 0 bridgehead atoms. The summed E-state index contributed by atoms with van der Waals surface area (Å²) in [5, 5.41) is 2.27. The minimum Gasteiger partial charge on any atom is -0.509 e. The van der Waals surface area contributed by atoms with Crippen LogP contribution in [0.2, 0.25) is 0 Å². The van der Waals surface area contributed by atoms with Crippen LogP contribution >= 0.6 is 0 Å². The maximum absolute atomic E-state index is 7.17. The fourth-order valence-corrected chi connectivity index (χ4v) is 9.80. The molecule has 1 aliphatic rings. The zero-order valence-electron chi connectivity index (χ0n) is 41.9. The van der Waals surface area contributed by atoms with E-state index in [0.29, 0.717) is 11.5 Å². The Labute approximate surface area is 429 Å². The van der Waals surface area contributed by atoms with Crippen LogP contribution in [0.3, 0.4) is 0 Å². The van der Waals surface area contributed by atoms with Crippen molar-refractivity contribution in [3.8, 4) is 28.4 Å². The molecule has 1 aliphatic heterocycles. The summed E-state index contributed by atoms with van der Waals surface area (Å²) in [6.45, 7) is 24.9. The van der Waals surface area contributed by atoms with Crippen molar-refractivity contribution in [1.29, 1.82) is 0 Å². The molecule has 0 spiro atoms. The van der Waals surface area contributed by atoms with Crippen LogP contribution in [0.15, 0.2) is 188 Å². The van der Waals surface area contributed by atoms with Crippen LogP contribution in [0.25, 0.3) is 38.8 Å². The number of hydrogen-bond donors (Lipinski definition) is 0. The van der Waals surface area contributed by atoms with Crippen molar-refractivity contribution in [3.63, 3.8) is 0 Å². The van der Waals surface area contributed by atoms with Crippen LogP contribution in [0.5, 0.6) is 11.5 Å². The maximum atomic E-state index is 7.17.